The molecule has 1 heterocycles. The van der Waals surface area contributed by atoms with Crippen molar-refractivity contribution in [2.24, 2.45) is 0 Å². The minimum Gasteiger partial charge on any atom is -0.494 e. The molecule has 0 atom stereocenters. The zero-order valence-corrected chi connectivity index (χ0v) is 16.4. The first-order chi connectivity index (χ1) is 12.6. The van der Waals surface area contributed by atoms with Gasteiger partial charge in [0.1, 0.15) is 5.75 Å². The maximum absolute atomic E-state index is 12.6. The van der Waals surface area contributed by atoms with E-state index >= 15 is 0 Å². The number of carbonyl (C=O) groups excluding carboxylic acids is 1. The van der Waals surface area contributed by atoms with Crippen LogP contribution in [0.4, 0.5) is 5.13 Å². The van der Waals surface area contributed by atoms with Crippen molar-refractivity contribution in [3.8, 4) is 5.75 Å². The lowest BCUT2D eigenvalue weighted by Crippen LogP contribution is -2.11. The van der Waals surface area contributed by atoms with Crippen LogP contribution in [-0.2, 0) is 0 Å². The Morgan fingerprint density at radius 1 is 1.27 bits per heavy atom. The minimum atomic E-state index is -0.211. The molecule has 1 amide bonds. The highest BCUT2D eigenvalue weighted by Crippen LogP contribution is 2.34. The first-order valence-electron chi connectivity index (χ1n) is 8.68. The Labute approximate surface area is 162 Å². The topological polar surface area (TPSA) is 51.2 Å². The maximum Gasteiger partial charge on any atom is 0.257 e. The standard InChI is InChI=1S/C20H21ClN2O2S/c1-3-4-5-11-25-15-8-6-7-14(12-15)19(24)23-20-22-17-13(2)9-10-16(21)18(17)26-20/h6-10,12H,3-5,11H2,1-2H3,(H,22,23,24). The lowest BCUT2D eigenvalue weighted by molar-refractivity contribution is 0.102. The van der Waals surface area contributed by atoms with E-state index < -0.39 is 0 Å². The van der Waals surface area contributed by atoms with Gasteiger partial charge in [-0.25, -0.2) is 4.98 Å². The molecule has 0 spiro atoms. The van der Waals surface area contributed by atoms with Crippen LogP contribution in [0.15, 0.2) is 36.4 Å². The molecular formula is C20H21ClN2O2S. The number of thiazole rings is 1. The third kappa shape index (κ3) is 4.34. The second-order valence-electron chi connectivity index (χ2n) is 6.10. The molecule has 0 saturated carbocycles. The second-order valence-corrected chi connectivity index (χ2v) is 7.50. The quantitative estimate of drug-likeness (QED) is 0.499. The van der Waals surface area contributed by atoms with E-state index in [2.05, 4.69) is 17.2 Å². The van der Waals surface area contributed by atoms with Crippen LogP contribution in [-0.4, -0.2) is 17.5 Å². The number of benzene rings is 2. The summed E-state index contributed by atoms with van der Waals surface area (Å²) in [5, 5.41) is 4.04. The molecule has 0 radical (unpaired) electrons. The third-order valence-electron chi connectivity index (χ3n) is 4.03. The average molecular weight is 389 g/mol. The van der Waals surface area contributed by atoms with Crippen LogP contribution < -0.4 is 10.1 Å². The average Bonchev–Trinajstić information content (AvgIpc) is 3.07. The summed E-state index contributed by atoms with van der Waals surface area (Å²) >= 11 is 7.61. The van der Waals surface area contributed by atoms with Crippen LogP contribution in [0.3, 0.4) is 0 Å². The van der Waals surface area contributed by atoms with Gasteiger partial charge >= 0.3 is 0 Å². The molecule has 0 fully saturated rings. The van der Waals surface area contributed by atoms with E-state index in [9.17, 15) is 4.79 Å². The highest BCUT2D eigenvalue weighted by atomic mass is 35.5. The largest absolute Gasteiger partial charge is 0.494 e. The fourth-order valence-electron chi connectivity index (χ4n) is 2.59. The van der Waals surface area contributed by atoms with Crippen LogP contribution in [0.1, 0.15) is 42.1 Å². The SMILES string of the molecule is CCCCCOc1cccc(C(=O)Nc2nc3c(C)ccc(Cl)c3s2)c1. The molecule has 136 valence electrons. The lowest BCUT2D eigenvalue weighted by atomic mass is 10.2. The second kappa shape index (κ2) is 8.52. The van der Waals surface area contributed by atoms with E-state index in [1.807, 2.05) is 31.2 Å². The Kier molecular flexibility index (Phi) is 6.12. The van der Waals surface area contributed by atoms with Crippen molar-refractivity contribution in [3.05, 3.63) is 52.5 Å². The van der Waals surface area contributed by atoms with Crippen molar-refractivity contribution >= 4 is 44.2 Å². The van der Waals surface area contributed by atoms with Gasteiger partial charge in [-0.15, -0.1) is 0 Å². The molecule has 0 aliphatic heterocycles. The number of nitrogens with one attached hydrogen (secondary N) is 1. The number of aromatic nitrogens is 1. The predicted octanol–water partition coefficient (Wildman–Crippen LogP) is 6.08. The monoisotopic (exact) mass is 388 g/mol. The van der Waals surface area contributed by atoms with Gasteiger partial charge in [-0.2, -0.15) is 0 Å². The molecule has 26 heavy (non-hydrogen) atoms. The van der Waals surface area contributed by atoms with Gasteiger partial charge < -0.3 is 4.74 Å². The summed E-state index contributed by atoms with van der Waals surface area (Å²) in [5.74, 6) is 0.494. The predicted molar refractivity (Wildman–Crippen MR) is 109 cm³/mol. The molecule has 6 heteroatoms. The number of ether oxygens (including phenoxy) is 1. The number of nitrogens with zero attached hydrogens (tertiary/aromatic N) is 1. The normalized spacial score (nSPS) is 10.9. The molecule has 1 aromatic heterocycles. The van der Waals surface area contributed by atoms with Gasteiger partial charge in [-0.05, 0) is 43.2 Å². The van der Waals surface area contributed by atoms with Crippen LogP contribution >= 0.6 is 22.9 Å². The summed E-state index contributed by atoms with van der Waals surface area (Å²) in [7, 11) is 0. The number of halogens is 1. The number of hydrogen-bond donors (Lipinski definition) is 1. The minimum absolute atomic E-state index is 0.211. The summed E-state index contributed by atoms with van der Waals surface area (Å²) in [5.41, 5.74) is 2.40. The van der Waals surface area contributed by atoms with E-state index in [4.69, 9.17) is 16.3 Å². The molecule has 0 bridgehead atoms. The highest BCUT2D eigenvalue weighted by Gasteiger charge is 2.13. The van der Waals surface area contributed by atoms with Crippen molar-refractivity contribution < 1.29 is 9.53 Å². The molecule has 4 nitrogen and oxygen atoms in total. The molecular weight excluding hydrogens is 368 g/mol. The van der Waals surface area contributed by atoms with Gasteiger partial charge in [-0.1, -0.05) is 54.8 Å². The molecule has 3 aromatic rings. The van der Waals surface area contributed by atoms with Crippen molar-refractivity contribution in [1.29, 1.82) is 0 Å². The van der Waals surface area contributed by atoms with Crippen molar-refractivity contribution in [3.63, 3.8) is 0 Å². The zero-order valence-electron chi connectivity index (χ0n) is 14.8. The Hall–Kier alpha value is -2.11. The summed E-state index contributed by atoms with van der Waals surface area (Å²) in [6.45, 7) is 4.79. The fraction of sp³-hybridized carbons (Fsp3) is 0.300. The molecule has 2 aromatic carbocycles. The van der Waals surface area contributed by atoms with Gasteiger partial charge in [0.25, 0.3) is 5.91 Å². The molecule has 1 N–H and O–H groups in total. The van der Waals surface area contributed by atoms with E-state index in [0.29, 0.717) is 28.1 Å². The third-order valence-corrected chi connectivity index (χ3v) is 5.46. The Morgan fingerprint density at radius 3 is 2.88 bits per heavy atom. The molecule has 0 saturated heterocycles. The number of unbranched alkanes of at least 4 members (excludes halogenated alkanes) is 2. The molecule has 0 aliphatic carbocycles. The van der Waals surface area contributed by atoms with Gasteiger partial charge in [0.05, 0.1) is 21.8 Å². The van der Waals surface area contributed by atoms with Crippen LogP contribution in [0.5, 0.6) is 5.75 Å². The highest BCUT2D eigenvalue weighted by molar-refractivity contribution is 7.23. The Bertz CT molecular complexity index is 884. The fourth-order valence-corrected chi connectivity index (χ4v) is 3.81. The van der Waals surface area contributed by atoms with Gasteiger partial charge in [0.15, 0.2) is 5.13 Å². The van der Waals surface area contributed by atoms with Gasteiger partial charge in [0, 0.05) is 5.56 Å². The Morgan fingerprint density at radius 2 is 2.12 bits per heavy atom. The summed E-state index contributed by atoms with van der Waals surface area (Å²) < 4.78 is 6.60. The van der Waals surface area contributed by atoms with E-state index in [0.717, 1.165) is 35.0 Å². The van der Waals surface area contributed by atoms with Gasteiger partial charge in [0.2, 0.25) is 0 Å². The first-order valence-corrected chi connectivity index (χ1v) is 9.87. The van der Waals surface area contributed by atoms with E-state index in [1.54, 1.807) is 12.1 Å². The number of anilines is 1. The van der Waals surface area contributed by atoms with E-state index in [-0.39, 0.29) is 5.91 Å². The summed E-state index contributed by atoms with van der Waals surface area (Å²) in [4.78, 5) is 17.1. The van der Waals surface area contributed by atoms with Gasteiger partial charge in [-0.3, -0.25) is 10.1 Å². The van der Waals surface area contributed by atoms with Crippen molar-refractivity contribution in [2.75, 3.05) is 11.9 Å². The van der Waals surface area contributed by atoms with Crippen molar-refractivity contribution in [1.82, 2.24) is 4.98 Å². The summed E-state index contributed by atoms with van der Waals surface area (Å²) in [6, 6.07) is 11.0. The van der Waals surface area contributed by atoms with Crippen molar-refractivity contribution in [2.45, 2.75) is 33.1 Å². The van der Waals surface area contributed by atoms with Crippen LogP contribution in [0.25, 0.3) is 10.2 Å². The maximum atomic E-state index is 12.6. The van der Waals surface area contributed by atoms with E-state index in [1.165, 1.54) is 11.3 Å². The number of carbonyl (C=O) groups is 1. The lowest BCUT2D eigenvalue weighted by Gasteiger charge is -2.07. The number of fused-ring (bicyclic) bond motifs is 1. The molecule has 0 aliphatic rings. The smallest absolute Gasteiger partial charge is 0.257 e. The zero-order chi connectivity index (χ0) is 18.5. The number of rotatable bonds is 7. The molecule has 0 unspecified atom stereocenters. The Balaban J connectivity index is 1.72. The number of hydrogen-bond acceptors (Lipinski definition) is 4. The van der Waals surface area contributed by atoms with Crippen LogP contribution in [0, 0.1) is 6.92 Å². The first kappa shape index (κ1) is 18.7. The number of amides is 1. The molecule has 3 rings (SSSR count). The summed E-state index contributed by atoms with van der Waals surface area (Å²) in [6.07, 6.45) is 3.30. The van der Waals surface area contributed by atoms with Crippen LogP contribution in [0.2, 0.25) is 5.02 Å². The number of aryl methyl sites for hydroxylation is 1.